The number of nitrogens with one attached hydrogen (secondary N) is 2. The van der Waals surface area contributed by atoms with E-state index in [4.69, 9.17) is 4.98 Å². The molecule has 134 valence electrons. The van der Waals surface area contributed by atoms with E-state index in [1.165, 1.54) is 11.3 Å². The first kappa shape index (κ1) is 16.9. The van der Waals surface area contributed by atoms with Gasteiger partial charge in [-0.2, -0.15) is 0 Å². The number of H-pyrrole nitrogens is 1. The van der Waals surface area contributed by atoms with Crippen molar-refractivity contribution in [2.45, 2.75) is 26.8 Å². The minimum atomic E-state index is -0.131. The van der Waals surface area contributed by atoms with Crippen molar-refractivity contribution >= 4 is 48.2 Å². The summed E-state index contributed by atoms with van der Waals surface area (Å²) in [5.74, 6) is 0. The number of thiazole rings is 1. The van der Waals surface area contributed by atoms with Crippen molar-refractivity contribution in [2.24, 2.45) is 5.41 Å². The van der Waals surface area contributed by atoms with Gasteiger partial charge in [0, 0.05) is 34.7 Å². The summed E-state index contributed by atoms with van der Waals surface area (Å²) in [4.78, 5) is 24.2. The molecule has 26 heavy (non-hydrogen) atoms. The van der Waals surface area contributed by atoms with Crippen LogP contribution in [0.25, 0.3) is 31.8 Å². The van der Waals surface area contributed by atoms with Crippen LogP contribution in [-0.2, 0) is 0 Å². The number of aromatic nitrogens is 3. The Morgan fingerprint density at radius 2 is 2.08 bits per heavy atom. The van der Waals surface area contributed by atoms with Crippen molar-refractivity contribution < 1.29 is 5.11 Å². The van der Waals surface area contributed by atoms with Crippen molar-refractivity contribution in [2.75, 3.05) is 11.9 Å². The van der Waals surface area contributed by atoms with Gasteiger partial charge in [0.15, 0.2) is 5.13 Å². The van der Waals surface area contributed by atoms with Crippen LogP contribution in [0.15, 0.2) is 35.5 Å². The van der Waals surface area contributed by atoms with E-state index in [0.29, 0.717) is 5.39 Å². The Morgan fingerprint density at radius 1 is 1.27 bits per heavy atom. The third-order valence-electron chi connectivity index (χ3n) is 4.70. The van der Waals surface area contributed by atoms with Crippen molar-refractivity contribution in [1.82, 2.24) is 15.0 Å². The van der Waals surface area contributed by atoms with Crippen LogP contribution >= 0.6 is 11.3 Å². The van der Waals surface area contributed by atoms with Crippen LogP contribution in [0, 0.1) is 5.41 Å². The molecule has 0 saturated heterocycles. The number of hydrogen-bond donors (Lipinski definition) is 3. The second kappa shape index (κ2) is 6.03. The SMILES string of the molecule is CC(C)(C)[C@@H](CO)Nc1nc2c3ccncc3c3c(=O)[nH]ccc3c2s1. The molecule has 3 heterocycles. The molecule has 7 heteroatoms. The third-order valence-corrected chi connectivity index (χ3v) is 5.72. The number of hydrogen-bond acceptors (Lipinski definition) is 6. The Labute approximate surface area is 153 Å². The molecule has 0 fully saturated rings. The minimum absolute atomic E-state index is 0.0184. The predicted octanol–water partition coefficient (Wildman–Crippen LogP) is 3.50. The smallest absolute Gasteiger partial charge is 0.256 e. The van der Waals surface area contributed by atoms with Crippen LogP contribution in [0.5, 0.6) is 0 Å². The van der Waals surface area contributed by atoms with Gasteiger partial charge in [-0.05, 0) is 17.5 Å². The molecule has 4 rings (SSSR count). The van der Waals surface area contributed by atoms with Crippen LogP contribution < -0.4 is 10.9 Å². The molecule has 3 aromatic heterocycles. The first-order chi connectivity index (χ1) is 12.4. The summed E-state index contributed by atoms with van der Waals surface area (Å²) in [5.41, 5.74) is 0.601. The zero-order valence-electron chi connectivity index (χ0n) is 14.8. The van der Waals surface area contributed by atoms with E-state index in [1.54, 1.807) is 18.6 Å². The van der Waals surface area contributed by atoms with Crippen LogP contribution in [0.3, 0.4) is 0 Å². The molecule has 0 radical (unpaired) electrons. The predicted molar refractivity (Wildman–Crippen MR) is 107 cm³/mol. The van der Waals surface area contributed by atoms with E-state index in [9.17, 15) is 9.90 Å². The second-order valence-corrected chi connectivity index (χ2v) is 8.46. The van der Waals surface area contributed by atoms with Gasteiger partial charge in [-0.15, -0.1) is 0 Å². The normalized spacial score (nSPS) is 13.5. The maximum atomic E-state index is 12.5. The Kier molecular flexibility index (Phi) is 3.93. The molecule has 6 nitrogen and oxygen atoms in total. The molecule has 0 unspecified atom stereocenters. The average Bonchev–Trinajstić information content (AvgIpc) is 3.03. The monoisotopic (exact) mass is 368 g/mol. The van der Waals surface area contributed by atoms with Gasteiger partial charge in [-0.3, -0.25) is 9.78 Å². The summed E-state index contributed by atoms with van der Waals surface area (Å²) in [6.07, 6.45) is 5.08. The molecule has 0 aliphatic rings. The Morgan fingerprint density at radius 3 is 2.81 bits per heavy atom. The van der Waals surface area contributed by atoms with Gasteiger partial charge >= 0.3 is 0 Å². The van der Waals surface area contributed by atoms with Gasteiger partial charge in [-0.1, -0.05) is 32.1 Å². The maximum Gasteiger partial charge on any atom is 0.256 e. The van der Waals surface area contributed by atoms with Crippen molar-refractivity contribution in [3.8, 4) is 0 Å². The van der Waals surface area contributed by atoms with Crippen molar-refractivity contribution in [3.63, 3.8) is 0 Å². The molecule has 0 amide bonds. The summed E-state index contributed by atoms with van der Waals surface area (Å²) in [5, 5.41) is 17.0. The lowest BCUT2D eigenvalue weighted by atomic mass is 9.87. The Bertz CT molecular complexity index is 1170. The minimum Gasteiger partial charge on any atom is -0.394 e. The van der Waals surface area contributed by atoms with Crippen LogP contribution in [0.4, 0.5) is 5.13 Å². The van der Waals surface area contributed by atoms with Crippen LogP contribution in [-0.4, -0.2) is 32.7 Å². The fourth-order valence-corrected chi connectivity index (χ4v) is 4.23. The van der Waals surface area contributed by atoms with Crippen molar-refractivity contribution in [3.05, 3.63) is 41.1 Å². The Hall–Kier alpha value is -2.51. The largest absolute Gasteiger partial charge is 0.394 e. The molecule has 0 bridgehead atoms. The highest BCUT2D eigenvalue weighted by molar-refractivity contribution is 7.23. The number of pyridine rings is 2. The standard InChI is InChI=1S/C19H20N4O2S/c1-19(2,3)13(9-24)22-18-23-15-10-4-6-20-8-12(10)14-11(16(15)26-18)5-7-21-17(14)25/h4-8,13,24H,9H2,1-3H3,(H,21,25)(H,22,23)/t13-/m1/s1. The zero-order valence-corrected chi connectivity index (χ0v) is 15.6. The van der Waals surface area contributed by atoms with Crippen LogP contribution in [0.2, 0.25) is 0 Å². The van der Waals surface area contributed by atoms with Gasteiger partial charge in [0.2, 0.25) is 0 Å². The number of anilines is 1. The number of aliphatic hydroxyl groups excluding tert-OH is 1. The van der Waals surface area contributed by atoms with Gasteiger partial charge < -0.3 is 15.4 Å². The number of aliphatic hydroxyl groups is 1. The van der Waals surface area contributed by atoms with Gasteiger partial charge in [0.05, 0.1) is 28.3 Å². The molecular weight excluding hydrogens is 348 g/mol. The average molecular weight is 368 g/mol. The van der Waals surface area contributed by atoms with Gasteiger partial charge in [0.25, 0.3) is 5.56 Å². The number of nitrogens with zero attached hydrogens (tertiary/aromatic N) is 2. The van der Waals surface area contributed by atoms with Crippen molar-refractivity contribution in [1.29, 1.82) is 0 Å². The van der Waals surface area contributed by atoms with E-state index < -0.39 is 0 Å². The van der Waals surface area contributed by atoms with Gasteiger partial charge in [0.1, 0.15) is 0 Å². The first-order valence-electron chi connectivity index (χ1n) is 8.45. The lowest BCUT2D eigenvalue weighted by Crippen LogP contribution is -2.37. The molecular formula is C19H20N4O2S. The molecule has 0 spiro atoms. The molecule has 0 saturated carbocycles. The summed E-state index contributed by atoms with van der Waals surface area (Å²) in [6.45, 7) is 6.24. The maximum absolute atomic E-state index is 12.5. The van der Waals surface area contributed by atoms with Crippen LogP contribution in [0.1, 0.15) is 20.8 Å². The molecule has 0 aliphatic heterocycles. The van der Waals surface area contributed by atoms with E-state index in [2.05, 4.69) is 36.1 Å². The quantitative estimate of drug-likeness (QED) is 0.482. The van der Waals surface area contributed by atoms with E-state index in [1.807, 2.05) is 12.1 Å². The highest BCUT2D eigenvalue weighted by Crippen LogP contribution is 2.38. The zero-order chi connectivity index (χ0) is 18.5. The topological polar surface area (TPSA) is 90.9 Å². The summed E-state index contributed by atoms with van der Waals surface area (Å²) < 4.78 is 0.956. The Balaban J connectivity index is 2.02. The molecule has 3 N–H and O–H groups in total. The molecule has 1 aromatic carbocycles. The number of fused-ring (bicyclic) bond motifs is 6. The lowest BCUT2D eigenvalue weighted by Gasteiger charge is -2.29. The van der Waals surface area contributed by atoms with Gasteiger partial charge in [-0.25, -0.2) is 4.98 Å². The fraction of sp³-hybridized carbons (Fsp3) is 0.316. The number of benzene rings is 1. The third kappa shape index (κ3) is 2.64. The summed E-state index contributed by atoms with van der Waals surface area (Å²) in [6, 6.07) is 3.67. The highest BCUT2D eigenvalue weighted by atomic mass is 32.1. The first-order valence-corrected chi connectivity index (χ1v) is 9.27. The lowest BCUT2D eigenvalue weighted by molar-refractivity contribution is 0.202. The van der Waals surface area contributed by atoms with E-state index in [0.717, 1.165) is 31.5 Å². The molecule has 1 atom stereocenters. The van der Waals surface area contributed by atoms with E-state index >= 15 is 0 Å². The molecule has 0 aliphatic carbocycles. The molecule has 4 aromatic rings. The fourth-order valence-electron chi connectivity index (χ4n) is 3.17. The number of rotatable bonds is 3. The summed E-state index contributed by atoms with van der Waals surface area (Å²) in [7, 11) is 0. The second-order valence-electron chi connectivity index (χ2n) is 7.46. The highest BCUT2D eigenvalue weighted by Gasteiger charge is 2.25. The summed E-state index contributed by atoms with van der Waals surface area (Å²) >= 11 is 1.50. The number of aromatic amines is 1. The van der Waals surface area contributed by atoms with E-state index in [-0.39, 0.29) is 23.6 Å².